The standard InChI is InChI=1S/C16H18N2O4/c1-2-11(16(19)20)18-12-8-14-13(21-5-6-22-14)7-10(12)17-15(18)9-3-4-9/h7-9,11H,2-6H2,1H3,(H,19,20). The number of nitrogens with zero attached hydrogens (tertiary/aromatic N) is 2. The summed E-state index contributed by atoms with van der Waals surface area (Å²) in [6.45, 7) is 2.93. The minimum Gasteiger partial charge on any atom is -0.486 e. The maximum absolute atomic E-state index is 11.7. The van der Waals surface area contributed by atoms with Crippen molar-refractivity contribution in [1.29, 1.82) is 0 Å². The van der Waals surface area contributed by atoms with Crippen molar-refractivity contribution in [2.45, 2.75) is 38.1 Å². The van der Waals surface area contributed by atoms with Crippen molar-refractivity contribution < 1.29 is 19.4 Å². The third-order valence-corrected chi connectivity index (χ3v) is 4.31. The molecule has 0 saturated heterocycles. The van der Waals surface area contributed by atoms with Gasteiger partial charge < -0.3 is 19.1 Å². The lowest BCUT2D eigenvalue weighted by atomic mass is 10.2. The summed E-state index contributed by atoms with van der Waals surface area (Å²) in [4.78, 5) is 16.4. The molecule has 1 atom stereocenters. The first kappa shape index (κ1) is 13.4. The zero-order valence-electron chi connectivity index (χ0n) is 12.4. The van der Waals surface area contributed by atoms with E-state index in [-0.39, 0.29) is 0 Å². The molecule has 1 saturated carbocycles. The van der Waals surface area contributed by atoms with Gasteiger partial charge in [0, 0.05) is 18.1 Å². The van der Waals surface area contributed by atoms with Crippen LogP contribution in [0.15, 0.2) is 12.1 Å². The first-order chi connectivity index (χ1) is 10.7. The van der Waals surface area contributed by atoms with E-state index in [1.165, 1.54) is 0 Å². The van der Waals surface area contributed by atoms with Crippen LogP contribution >= 0.6 is 0 Å². The van der Waals surface area contributed by atoms with Gasteiger partial charge in [0.2, 0.25) is 0 Å². The number of benzene rings is 1. The second kappa shape index (κ2) is 4.90. The van der Waals surface area contributed by atoms with Crippen molar-refractivity contribution in [2.24, 2.45) is 0 Å². The molecule has 0 bridgehead atoms. The number of fused-ring (bicyclic) bond motifs is 2. The molecule has 1 aliphatic heterocycles. The van der Waals surface area contributed by atoms with Crippen LogP contribution in [0.1, 0.15) is 44.0 Å². The van der Waals surface area contributed by atoms with E-state index in [1.807, 2.05) is 23.6 Å². The van der Waals surface area contributed by atoms with Crippen LogP contribution < -0.4 is 9.47 Å². The number of carbonyl (C=O) groups is 1. The lowest BCUT2D eigenvalue weighted by Crippen LogP contribution is -2.20. The predicted molar refractivity (Wildman–Crippen MR) is 79.7 cm³/mol. The molecule has 2 aromatic rings. The average Bonchev–Trinajstić information content (AvgIpc) is 3.29. The quantitative estimate of drug-likeness (QED) is 0.940. The van der Waals surface area contributed by atoms with Gasteiger partial charge in [0.25, 0.3) is 0 Å². The van der Waals surface area contributed by atoms with E-state index in [4.69, 9.17) is 14.5 Å². The highest BCUT2D eigenvalue weighted by atomic mass is 16.6. The number of hydrogen-bond donors (Lipinski definition) is 1. The van der Waals surface area contributed by atoms with Crippen molar-refractivity contribution >= 4 is 17.0 Å². The molecule has 2 heterocycles. The second-order valence-corrected chi connectivity index (χ2v) is 5.86. The smallest absolute Gasteiger partial charge is 0.326 e. The van der Waals surface area contributed by atoms with Crippen molar-refractivity contribution in [3.8, 4) is 11.5 Å². The number of rotatable bonds is 4. The highest BCUT2D eigenvalue weighted by Gasteiger charge is 2.34. The Morgan fingerprint density at radius 1 is 1.36 bits per heavy atom. The molecule has 0 radical (unpaired) electrons. The van der Waals surface area contributed by atoms with Crippen LogP contribution in [0, 0.1) is 0 Å². The first-order valence-electron chi connectivity index (χ1n) is 7.73. The van der Waals surface area contributed by atoms with E-state index in [0.717, 1.165) is 29.7 Å². The molecule has 0 spiro atoms. The molecule has 1 aromatic carbocycles. The zero-order chi connectivity index (χ0) is 15.3. The molecule has 116 valence electrons. The Balaban J connectivity index is 1.94. The molecule has 1 unspecified atom stereocenters. The average molecular weight is 302 g/mol. The van der Waals surface area contributed by atoms with Gasteiger partial charge >= 0.3 is 5.97 Å². The number of aliphatic carboxylic acids is 1. The molecule has 1 aliphatic carbocycles. The van der Waals surface area contributed by atoms with E-state index in [2.05, 4.69) is 0 Å². The van der Waals surface area contributed by atoms with E-state index in [9.17, 15) is 9.90 Å². The molecular formula is C16H18N2O4. The molecule has 22 heavy (non-hydrogen) atoms. The van der Waals surface area contributed by atoms with Gasteiger partial charge in [0.15, 0.2) is 11.5 Å². The number of hydrogen-bond acceptors (Lipinski definition) is 4. The predicted octanol–water partition coefficient (Wildman–Crippen LogP) is 2.72. The van der Waals surface area contributed by atoms with E-state index >= 15 is 0 Å². The fourth-order valence-electron chi connectivity index (χ4n) is 3.08. The Labute approximate surface area is 127 Å². The molecule has 6 nitrogen and oxygen atoms in total. The normalized spacial score (nSPS) is 18.4. The van der Waals surface area contributed by atoms with Crippen LogP contribution in [0.3, 0.4) is 0 Å². The summed E-state index contributed by atoms with van der Waals surface area (Å²) in [5.74, 6) is 1.79. The third kappa shape index (κ3) is 2.01. The Morgan fingerprint density at radius 3 is 2.64 bits per heavy atom. The van der Waals surface area contributed by atoms with Gasteiger partial charge in [-0.15, -0.1) is 0 Å². The molecule has 1 fully saturated rings. The lowest BCUT2D eigenvalue weighted by molar-refractivity contribution is -0.140. The number of aromatic nitrogens is 2. The van der Waals surface area contributed by atoms with E-state index in [0.29, 0.717) is 37.1 Å². The maximum atomic E-state index is 11.7. The monoisotopic (exact) mass is 302 g/mol. The zero-order valence-corrected chi connectivity index (χ0v) is 12.4. The summed E-state index contributed by atoms with van der Waals surface area (Å²) in [7, 11) is 0. The third-order valence-electron chi connectivity index (χ3n) is 4.31. The van der Waals surface area contributed by atoms with Crippen LogP contribution in [0.5, 0.6) is 11.5 Å². The molecule has 4 rings (SSSR count). The maximum Gasteiger partial charge on any atom is 0.326 e. The summed E-state index contributed by atoms with van der Waals surface area (Å²) in [6, 6.07) is 3.14. The van der Waals surface area contributed by atoms with Crippen LogP contribution in [-0.4, -0.2) is 33.8 Å². The van der Waals surface area contributed by atoms with Crippen LogP contribution in [-0.2, 0) is 4.79 Å². The number of ether oxygens (including phenoxy) is 2. The highest BCUT2D eigenvalue weighted by Crippen LogP contribution is 2.44. The second-order valence-electron chi connectivity index (χ2n) is 5.86. The number of carboxylic acid groups (broad SMARTS) is 1. The molecule has 2 aliphatic rings. The topological polar surface area (TPSA) is 73.6 Å². The summed E-state index contributed by atoms with van der Waals surface area (Å²) in [5, 5.41) is 9.57. The van der Waals surface area contributed by atoms with Gasteiger partial charge in [0.1, 0.15) is 25.1 Å². The lowest BCUT2D eigenvalue weighted by Gasteiger charge is -2.20. The van der Waals surface area contributed by atoms with Crippen molar-refractivity contribution in [3.05, 3.63) is 18.0 Å². The van der Waals surface area contributed by atoms with Gasteiger partial charge in [-0.25, -0.2) is 9.78 Å². The molecule has 1 N–H and O–H groups in total. The molecule has 1 aromatic heterocycles. The van der Waals surface area contributed by atoms with Crippen molar-refractivity contribution in [1.82, 2.24) is 9.55 Å². The van der Waals surface area contributed by atoms with Crippen LogP contribution in [0.2, 0.25) is 0 Å². The van der Waals surface area contributed by atoms with Gasteiger partial charge in [-0.05, 0) is 19.3 Å². The Bertz CT molecular complexity index is 748. The van der Waals surface area contributed by atoms with Crippen LogP contribution in [0.4, 0.5) is 0 Å². The molecule has 0 amide bonds. The first-order valence-corrected chi connectivity index (χ1v) is 7.73. The van der Waals surface area contributed by atoms with Gasteiger partial charge in [0.05, 0.1) is 11.0 Å². The largest absolute Gasteiger partial charge is 0.486 e. The van der Waals surface area contributed by atoms with Crippen molar-refractivity contribution in [3.63, 3.8) is 0 Å². The summed E-state index contributed by atoms with van der Waals surface area (Å²) in [6.07, 6.45) is 2.67. The van der Waals surface area contributed by atoms with Gasteiger partial charge in [-0.3, -0.25) is 0 Å². The Morgan fingerprint density at radius 2 is 2.05 bits per heavy atom. The Kier molecular flexibility index (Phi) is 2.99. The van der Waals surface area contributed by atoms with E-state index < -0.39 is 12.0 Å². The summed E-state index contributed by atoms with van der Waals surface area (Å²) >= 11 is 0. The number of carboxylic acids is 1. The SMILES string of the molecule is CCC(C(=O)O)n1c(C2CC2)nc2cc3c(cc21)OCCO3. The molecular weight excluding hydrogens is 284 g/mol. The molecule has 6 heteroatoms. The van der Waals surface area contributed by atoms with Gasteiger partial charge in [-0.1, -0.05) is 6.92 Å². The minimum atomic E-state index is -0.821. The van der Waals surface area contributed by atoms with E-state index in [1.54, 1.807) is 0 Å². The summed E-state index contributed by atoms with van der Waals surface area (Å²) < 4.78 is 13.1. The van der Waals surface area contributed by atoms with Crippen LogP contribution in [0.25, 0.3) is 11.0 Å². The van der Waals surface area contributed by atoms with Gasteiger partial charge in [-0.2, -0.15) is 0 Å². The fraction of sp³-hybridized carbons (Fsp3) is 0.500. The fourth-order valence-corrected chi connectivity index (χ4v) is 3.08. The minimum absolute atomic E-state index is 0.375. The number of imidazole rings is 1. The highest BCUT2D eigenvalue weighted by molar-refractivity contribution is 5.84. The summed E-state index contributed by atoms with van der Waals surface area (Å²) in [5.41, 5.74) is 1.60. The Hall–Kier alpha value is -2.24. The van der Waals surface area contributed by atoms with Crippen molar-refractivity contribution in [2.75, 3.05) is 13.2 Å².